The summed E-state index contributed by atoms with van der Waals surface area (Å²) >= 11 is 5.25. The molecule has 1 amide bonds. The van der Waals surface area contributed by atoms with Crippen molar-refractivity contribution in [1.82, 2.24) is 9.62 Å². The zero-order valence-electron chi connectivity index (χ0n) is 18.4. The van der Waals surface area contributed by atoms with Gasteiger partial charge in [-0.3, -0.25) is 4.79 Å². The lowest BCUT2D eigenvalue weighted by Gasteiger charge is -2.30. The first-order valence-corrected chi connectivity index (χ1v) is 13.4. The minimum Gasteiger partial charge on any atom is -0.332 e. The fraction of sp³-hybridized carbons (Fsp3) is 0.652. The van der Waals surface area contributed by atoms with E-state index in [1.54, 1.807) is 31.3 Å². The second kappa shape index (κ2) is 11.4. The van der Waals surface area contributed by atoms with Crippen molar-refractivity contribution in [3.05, 3.63) is 24.3 Å². The Labute approximate surface area is 192 Å². The van der Waals surface area contributed by atoms with Gasteiger partial charge in [-0.2, -0.15) is 4.31 Å². The molecule has 2 N–H and O–H groups in total. The Morgan fingerprint density at radius 2 is 1.58 bits per heavy atom. The number of thiocarbonyl (C=S) groups is 1. The van der Waals surface area contributed by atoms with Crippen LogP contribution in [0.4, 0.5) is 5.69 Å². The molecule has 0 aliphatic heterocycles. The van der Waals surface area contributed by atoms with E-state index in [4.69, 9.17) is 12.2 Å². The van der Waals surface area contributed by atoms with Gasteiger partial charge in [0, 0.05) is 25.2 Å². The van der Waals surface area contributed by atoms with E-state index in [0.717, 1.165) is 32.1 Å². The molecule has 0 heterocycles. The molecule has 2 saturated carbocycles. The Hall–Kier alpha value is -1.51. The number of nitrogens with zero attached hydrogens (tertiary/aromatic N) is 1. The summed E-state index contributed by atoms with van der Waals surface area (Å²) in [5, 5.41) is 5.94. The van der Waals surface area contributed by atoms with Crippen molar-refractivity contribution in [1.29, 1.82) is 0 Å². The molecular formula is C23H35N3O3S2. The maximum atomic E-state index is 12.9. The molecule has 2 aliphatic rings. The average Bonchev–Trinajstić information content (AvgIpc) is 2.78. The van der Waals surface area contributed by atoms with E-state index in [0.29, 0.717) is 18.0 Å². The largest absolute Gasteiger partial charge is 0.332 e. The van der Waals surface area contributed by atoms with Crippen molar-refractivity contribution >= 4 is 38.9 Å². The van der Waals surface area contributed by atoms with Crippen molar-refractivity contribution < 1.29 is 13.2 Å². The minimum atomic E-state index is -3.52. The maximum absolute atomic E-state index is 12.9. The summed E-state index contributed by atoms with van der Waals surface area (Å²) in [7, 11) is -1.84. The number of nitrogens with one attached hydrogen (secondary N) is 2. The number of benzene rings is 1. The number of hydrogen-bond acceptors (Lipinski definition) is 4. The van der Waals surface area contributed by atoms with Crippen LogP contribution in [-0.2, 0) is 14.8 Å². The molecule has 8 heteroatoms. The van der Waals surface area contributed by atoms with Crippen LogP contribution in [0.1, 0.15) is 77.0 Å². The van der Waals surface area contributed by atoms with Gasteiger partial charge in [-0.25, -0.2) is 8.42 Å². The molecular weight excluding hydrogens is 430 g/mol. The van der Waals surface area contributed by atoms with Crippen LogP contribution < -0.4 is 10.6 Å². The maximum Gasteiger partial charge on any atom is 0.243 e. The van der Waals surface area contributed by atoms with Gasteiger partial charge >= 0.3 is 0 Å². The molecule has 0 spiro atoms. The summed E-state index contributed by atoms with van der Waals surface area (Å²) in [6.07, 6.45) is 12.9. The van der Waals surface area contributed by atoms with Crippen LogP contribution in [0.2, 0.25) is 0 Å². The van der Waals surface area contributed by atoms with Crippen molar-refractivity contribution in [2.24, 2.45) is 5.92 Å². The molecule has 172 valence electrons. The second-order valence-corrected chi connectivity index (χ2v) is 11.3. The molecule has 0 unspecified atom stereocenters. The predicted molar refractivity (Wildman–Crippen MR) is 128 cm³/mol. The molecule has 0 bridgehead atoms. The molecule has 6 nitrogen and oxygen atoms in total. The third-order valence-electron chi connectivity index (χ3n) is 6.64. The van der Waals surface area contributed by atoms with Gasteiger partial charge in [-0.15, -0.1) is 0 Å². The smallest absolute Gasteiger partial charge is 0.243 e. The number of amides is 1. The molecule has 3 rings (SSSR count). The molecule has 1 aromatic rings. The quantitative estimate of drug-likeness (QED) is 0.565. The van der Waals surface area contributed by atoms with Crippen LogP contribution in [0.25, 0.3) is 0 Å². The van der Waals surface area contributed by atoms with Crippen molar-refractivity contribution in [2.75, 3.05) is 12.4 Å². The second-order valence-electron chi connectivity index (χ2n) is 8.88. The summed E-state index contributed by atoms with van der Waals surface area (Å²) in [6, 6.07) is 6.62. The average molecular weight is 466 g/mol. The SMILES string of the molecule is CN(C1CCCCC1)S(=O)(=O)c1ccc(NC(=S)NC(=O)CCC2CCCCC2)cc1. The molecule has 2 aliphatic carbocycles. The lowest BCUT2D eigenvalue weighted by Crippen LogP contribution is -2.38. The Bertz CT molecular complexity index is 843. The number of carbonyl (C=O) groups excluding carboxylic acids is 1. The van der Waals surface area contributed by atoms with Gasteiger partial charge in [0.05, 0.1) is 4.90 Å². The van der Waals surface area contributed by atoms with Crippen molar-refractivity contribution in [3.8, 4) is 0 Å². The topological polar surface area (TPSA) is 78.5 Å². The Balaban J connectivity index is 1.48. The zero-order valence-corrected chi connectivity index (χ0v) is 20.1. The van der Waals surface area contributed by atoms with E-state index < -0.39 is 10.0 Å². The molecule has 0 radical (unpaired) electrons. The number of hydrogen-bond donors (Lipinski definition) is 2. The standard InChI is InChI=1S/C23H35N3O3S2/c1-26(20-10-6-3-7-11-20)31(28,29)21-15-13-19(14-16-21)24-23(30)25-22(27)17-12-18-8-4-2-5-9-18/h13-16,18,20H,2-12,17H2,1H3,(H2,24,25,27,30). The predicted octanol–water partition coefficient (Wildman–Crippen LogP) is 4.81. The van der Waals surface area contributed by atoms with E-state index in [-0.39, 0.29) is 22.0 Å². The molecule has 31 heavy (non-hydrogen) atoms. The van der Waals surface area contributed by atoms with Gasteiger partial charge < -0.3 is 10.6 Å². The summed E-state index contributed by atoms with van der Waals surface area (Å²) < 4.78 is 27.4. The van der Waals surface area contributed by atoms with Crippen LogP contribution in [-0.4, -0.2) is 36.8 Å². The highest BCUT2D eigenvalue weighted by Crippen LogP contribution is 2.28. The van der Waals surface area contributed by atoms with E-state index in [1.165, 1.54) is 42.8 Å². The lowest BCUT2D eigenvalue weighted by atomic mass is 9.86. The third-order valence-corrected chi connectivity index (χ3v) is 8.76. The van der Waals surface area contributed by atoms with Crippen LogP contribution in [0.3, 0.4) is 0 Å². The van der Waals surface area contributed by atoms with E-state index in [2.05, 4.69) is 10.6 Å². The molecule has 0 saturated heterocycles. The fourth-order valence-corrected chi connectivity index (χ4v) is 6.33. The summed E-state index contributed by atoms with van der Waals surface area (Å²) in [6.45, 7) is 0. The molecule has 2 fully saturated rings. The van der Waals surface area contributed by atoms with Gasteiger partial charge in [0.1, 0.15) is 0 Å². The first kappa shape index (κ1) is 24.1. The normalized spacial score (nSPS) is 18.6. The van der Waals surface area contributed by atoms with Gasteiger partial charge in [-0.1, -0.05) is 51.4 Å². The first-order chi connectivity index (χ1) is 14.9. The highest BCUT2D eigenvalue weighted by atomic mass is 32.2. The number of carbonyl (C=O) groups is 1. The van der Waals surface area contributed by atoms with Gasteiger partial charge in [0.2, 0.25) is 15.9 Å². The summed E-state index contributed by atoms with van der Waals surface area (Å²) in [5.41, 5.74) is 0.650. The van der Waals surface area contributed by atoms with E-state index in [9.17, 15) is 13.2 Å². The zero-order chi connectivity index (χ0) is 22.3. The Morgan fingerprint density at radius 3 is 2.19 bits per heavy atom. The van der Waals surface area contributed by atoms with E-state index >= 15 is 0 Å². The van der Waals surface area contributed by atoms with Gasteiger partial charge in [0.25, 0.3) is 0 Å². The van der Waals surface area contributed by atoms with Gasteiger partial charge in [0.15, 0.2) is 5.11 Å². The summed E-state index contributed by atoms with van der Waals surface area (Å²) in [4.78, 5) is 12.4. The number of anilines is 1. The van der Waals surface area contributed by atoms with Crippen LogP contribution in [0, 0.1) is 5.92 Å². The highest BCUT2D eigenvalue weighted by Gasteiger charge is 2.28. The summed E-state index contributed by atoms with van der Waals surface area (Å²) in [5.74, 6) is 0.582. The third kappa shape index (κ3) is 6.99. The van der Waals surface area contributed by atoms with Gasteiger partial charge in [-0.05, 0) is 61.7 Å². The fourth-order valence-electron chi connectivity index (χ4n) is 4.68. The number of rotatable bonds is 7. The van der Waals surface area contributed by atoms with Crippen LogP contribution in [0.5, 0.6) is 0 Å². The number of sulfonamides is 1. The Morgan fingerprint density at radius 1 is 1.00 bits per heavy atom. The molecule has 1 aromatic carbocycles. The van der Waals surface area contributed by atoms with Crippen molar-refractivity contribution in [3.63, 3.8) is 0 Å². The van der Waals surface area contributed by atoms with Crippen LogP contribution in [0.15, 0.2) is 29.2 Å². The molecule has 0 atom stereocenters. The first-order valence-electron chi connectivity index (χ1n) is 11.5. The van der Waals surface area contributed by atoms with Crippen molar-refractivity contribution in [2.45, 2.75) is 88.0 Å². The van der Waals surface area contributed by atoms with Crippen LogP contribution >= 0.6 is 12.2 Å². The van der Waals surface area contributed by atoms with E-state index in [1.807, 2.05) is 0 Å². The monoisotopic (exact) mass is 465 g/mol. The Kier molecular flexibility index (Phi) is 8.86. The molecule has 0 aromatic heterocycles. The lowest BCUT2D eigenvalue weighted by molar-refractivity contribution is -0.120. The minimum absolute atomic E-state index is 0.0728. The highest BCUT2D eigenvalue weighted by molar-refractivity contribution is 7.89.